The predicted molar refractivity (Wildman–Crippen MR) is 97.8 cm³/mol. The molecule has 2 heterocycles. The highest BCUT2D eigenvalue weighted by atomic mass is 16.5. The van der Waals surface area contributed by atoms with Gasteiger partial charge in [0.15, 0.2) is 0 Å². The van der Waals surface area contributed by atoms with E-state index in [-0.39, 0.29) is 12.5 Å². The molecule has 1 aromatic heterocycles. The fraction of sp³-hybridized carbons (Fsp3) is 0.350. The standard InChI is InChI=1S/C20H22N2O5/c1-22(17(20(24)25)11-14-5-3-2-4-6-14)19(23)15-7-9-21-18(12-15)27-16-8-10-26-13-16/h2-7,9,12,16-17H,8,10-11,13H2,1H3,(H,24,25). The van der Waals surface area contributed by atoms with E-state index in [0.717, 1.165) is 12.0 Å². The molecule has 27 heavy (non-hydrogen) atoms. The second-order valence-electron chi connectivity index (χ2n) is 6.45. The molecule has 0 spiro atoms. The van der Waals surface area contributed by atoms with E-state index in [1.807, 2.05) is 30.3 Å². The van der Waals surface area contributed by atoms with Crippen molar-refractivity contribution in [1.29, 1.82) is 0 Å². The van der Waals surface area contributed by atoms with E-state index in [4.69, 9.17) is 9.47 Å². The van der Waals surface area contributed by atoms with Gasteiger partial charge in [0, 0.05) is 37.7 Å². The monoisotopic (exact) mass is 370 g/mol. The van der Waals surface area contributed by atoms with Crippen LogP contribution in [0.15, 0.2) is 48.7 Å². The number of carbonyl (C=O) groups excluding carboxylic acids is 1. The van der Waals surface area contributed by atoms with Crippen molar-refractivity contribution >= 4 is 11.9 Å². The highest BCUT2D eigenvalue weighted by Gasteiger charge is 2.28. The first-order chi connectivity index (χ1) is 13.0. The minimum atomic E-state index is -1.05. The summed E-state index contributed by atoms with van der Waals surface area (Å²) in [7, 11) is 1.50. The molecule has 7 nitrogen and oxygen atoms in total. The van der Waals surface area contributed by atoms with E-state index in [2.05, 4.69) is 4.98 Å². The number of aliphatic carboxylic acids is 1. The number of likely N-dealkylation sites (N-methyl/N-ethyl adjacent to an activating group) is 1. The maximum absolute atomic E-state index is 12.8. The summed E-state index contributed by atoms with van der Waals surface area (Å²) in [6, 6.07) is 11.4. The number of ether oxygens (including phenoxy) is 2. The Morgan fingerprint density at radius 1 is 1.33 bits per heavy atom. The van der Waals surface area contributed by atoms with Crippen LogP contribution in [0.2, 0.25) is 0 Å². The number of carbonyl (C=O) groups is 2. The number of nitrogens with zero attached hydrogens (tertiary/aromatic N) is 2. The predicted octanol–water partition coefficient (Wildman–Crippen LogP) is 2.02. The van der Waals surface area contributed by atoms with Gasteiger partial charge in [-0.1, -0.05) is 30.3 Å². The van der Waals surface area contributed by atoms with Gasteiger partial charge >= 0.3 is 5.97 Å². The molecule has 1 N–H and O–H groups in total. The van der Waals surface area contributed by atoms with Crippen molar-refractivity contribution in [3.63, 3.8) is 0 Å². The first-order valence-electron chi connectivity index (χ1n) is 8.79. The number of hydrogen-bond acceptors (Lipinski definition) is 5. The lowest BCUT2D eigenvalue weighted by molar-refractivity contribution is -0.141. The molecule has 2 aromatic rings. The molecule has 0 aliphatic carbocycles. The number of hydrogen-bond donors (Lipinski definition) is 1. The van der Waals surface area contributed by atoms with Crippen molar-refractivity contribution in [3.8, 4) is 5.88 Å². The number of amides is 1. The molecule has 0 saturated carbocycles. The second kappa shape index (κ2) is 8.64. The van der Waals surface area contributed by atoms with Gasteiger partial charge in [-0.25, -0.2) is 9.78 Å². The zero-order valence-corrected chi connectivity index (χ0v) is 15.1. The van der Waals surface area contributed by atoms with Crippen molar-refractivity contribution < 1.29 is 24.2 Å². The van der Waals surface area contributed by atoms with Crippen molar-refractivity contribution in [2.24, 2.45) is 0 Å². The number of benzene rings is 1. The quantitative estimate of drug-likeness (QED) is 0.802. The Hall–Kier alpha value is -2.93. The molecule has 0 bridgehead atoms. The van der Waals surface area contributed by atoms with E-state index >= 15 is 0 Å². The van der Waals surface area contributed by atoms with Crippen LogP contribution in [0.25, 0.3) is 0 Å². The topological polar surface area (TPSA) is 89.0 Å². The molecular formula is C20H22N2O5. The zero-order valence-electron chi connectivity index (χ0n) is 15.1. The Morgan fingerprint density at radius 3 is 2.78 bits per heavy atom. The third kappa shape index (κ3) is 4.83. The normalized spacial score (nSPS) is 17.3. The number of rotatable bonds is 7. The van der Waals surface area contributed by atoms with Crippen LogP contribution in [0.1, 0.15) is 22.3 Å². The van der Waals surface area contributed by atoms with Gasteiger partial charge in [-0.2, -0.15) is 0 Å². The number of carboxylic acid groups (broad SMARTS) is 1. The number of aromatic nitrogens is 1. The molecule has 142 valence electrons. The van der Waals surface area contributed by atoms with Crippen LogP contribution in [0, 0.1) is 0 Å². The lowest BCUT2D eigenvalue weighted by Gasteiger charge is -2.25. The van der Waals surface area contributed by atoms with Crippen molar-refractivity contribution in [2.75, 3.05) is 20.3 Å². The third-order valence-corrected chi connectivity index (χ3v) is 4.50. The molecule has 1 aliphatic rings. The smallest absolute Gasteiger partial charge is 0.326 e. The summed E-state index contributed by atoms with van der Waals surface area (Å²) in [5.74, 6) is -1.11. The van der Waals surface area contributed by atoms with Gasteiger partial charge in [0.1, 0.15) is 12.1 Å². The van der Waals surface area contributed by atoms with E-state index in [9.17, 15) is 14.7 Å². The molecule has 1 amide bonds. The van der Waals surface area contributed by atoms with Crippen molar-refractivity contribution in [1.82, 2.24) is 9.88 Å². The van der Waals surface area contributed by atoms with Crippen molar-refractivity contribution in [2.45, 2.75) is 25.0 Å². The zero-order chi connectivity index (χ0) is 19.2. The van der Waals surface area contributed by atoms with Gasteiger partial charge < -0.3 is 19.5 Å². The SMILES string of the molecule is CN(C(=O)c1ccnc(OC2CCOC2)c1)C(Cc1ccccc1)C(=O)O. The first-order valence-corrected chi connectivity index (χ1v) is 8.79. The molecule has 1 aromatic carbocycles. The molecule has 1 aliphatic heterocycles. The van der Waals surface area contributed by atoms with Crippen LogP contribution in [0.5, 0.6) is 5.88 Å². The van der Waals surface area contributed by atoms with Crippen LogP contribution >= 0.6 is 0 Å². The molecule has 1 fully saturated rings. The lowest BCUT2D eigenvalue weighted by Crippen LogP contribution is -2.43. The van der Waals surface area contributed by atoms with Gasteiger partial charge in [0.2, 0.25) is 5.88 Å². The Morgan fingerprint density at radius 2 is 2.11 bits per heavy atom. The maximum Gasteiger partial charge on any atom is 0.326 e. The second-order valence-corrected chi connectivity index (χ2v) is 6.45. The van der Waals surface area contributed by atoms with Crippen LogP contribution in [0.3, 0.4) is 0 Å². The average Bonchev–Trinajstić information content (AvgIpc) is 3.19. The van der Waals surface area contributed by atoms with E-state index < -0.39 is 17.9 Å². The summed E-state index contributed by atoms with van der Waals surface area (Å²) in [4.78, 5) is 29.9. The summed E-state index contributed by atoms with van der Waals surface area (Å²) in [6.45, 7) is 1.14. The molecule has 2 unspecified atom stereocenters. The Kier molecular flexibility index (Phi) is 6.03. The van der Waals surface area contributed by atoms with Gasteiger partial charge in [-0.3, -0.25) is 4.79 Å². The third-order valence-electron chi connectivity index (χ3n) is 4.50. The number of pyridine rings is 1. The molecule has 1 saturated heterocycles. The summed E-state index contributed by atoms with van der Waals surface area (Å²) < 4.78 is 11.0. The molecule has 0 radical (unpaired) electrons. The fourth-order valence-electron chi connectivity index (χ4n) is 2.96. The average molecular weight is 370 g/mol. The van der Waals surface area contributed by atoms with Crippen LogP contribution in [-0.2, 0) is 16.0 Å². The van der Waals surface area contributed by atoms with Crippen LogP contribution in [-0.4, -0.2) is 59.3 Å². The largest absolute Gasteiger partial charge is 0.480 e. The molecule has 3 rings (SSSR count). The summed E-state index contributed by atoms with van der Waals surface area (Å²) in [5.41, 5.74) is 1.19. The lowest BCUT2D eigenvalue weighted by atomic mass is 10.0. The van der Waals surface area contributed by atoms with E-state index in [1.54, 1.807) is 12.1 Å². The maximum atomic E-state index is 12.8. The summed E-state index contributed by atoms with van der Waals surface area (Å²) in [5, 5.41) is 9.60. The van der Waals surface area contributed by atoms with Gasteiger partial charge in [0.05, 0.1) is 13.2 Å². The highest BCUT2D eigenvalue weighted by molar-refractivity contribution is 5.96. The van der Waals surface area contributed by atoms with E-state index in [1.165, 1.54) is 18.1 Å². The Labute approximate surface area is 157 Å². The van der Waals surface area contributed by atoms with Gasteiger partial charge in [-0.05, 0) is 11.6 Å². The number of carboxylic acids is 1. The molecule has 7 heteroatoms. The highest BCUT2D eigenvalue weighted by Crippen LogP contribution is 2.18. The minimum absolute atomic E-state index is 0.0783. The molecular weight excluding hydrogens is 348 g/mol. The fourth-order valence-corrected chi connectivity index (χ4v) is 2.96. The Balaban J connectivity index is 1.73. The molecule has 2 atom stereocenters. The van der Waals surface area contributed by atoms with Crippen LogP contribution in [0.4, 0.5) is 0 Å². The Bertz CT molecular complexity index is 790. The van der Waals surface area contributed by atoms with Gasteiger partial charge in [-0.15, -0.1) is 0 Å². The first kappa shape index (κ1) is 18.8. The summed E-state index contributed by atoms with van der Waals surface area (Å²) >= 11 is 0. The van der Waals surface area contributed by atoms with E-state index in [0.29, 0.717) is 24.7 Å². The van der Waals surface area contributed by atoms with Crippen molar-refractivity contribution in [3.05, 3.63) is 59.8 Å². The van der Waals surface area contributed by atoms with Crippen LogP contribution < -0.4 is 4.74 Å². The minimum Gasteiger partial charge on any atom is -0.480 e. The van der Waals surface area contributed by atoms with Gasteiger partial charge in [0.25, 0.3) is 5.91 Å². The summed E-state index contributed by atoms with van der Waals surface area (Å²) in [6.07, 6.45) is 2.41.